The molecule has 1 aromatic rings. The maximum absolute atomic E-state index is 8.94. The summed E-state index contributed by atoms with van der Waals surface area (Å²) in [5, 5.41) is 10.3. The smallest absolute Gasteiger partial charge is 0.0994 e. The minimum atomic E-state index is 0.676. The standard InChI is InChI=1S/C14H18N2S/c1-10-6-14(5-4-13(10)7-15)16-8-11(2)17-12(3)9-16/h4-6,11-12H,8-9H2,1-3H3. The monoisotopic (exact) mass is 246 g/mol. The molecule has 0 bridgehead atoms. The first kappa shape index (κ1) is 12.3. The molecule has 2 rings (SSSR count). The number of rotatable bonds is 1. The van der Waals surface area contributed by atoms with Gasteiger partial charge in [0.1, 0.15) is 0 Å². The highest BCUT2D eigenvalue weighted by Crippen LogP contribution is 2.29. The summed E-state index contributed by atoms with van der Waals surface area (Å²) in [7, 11) is 0. The number of nitriles is 1. The van der Waals surface area contributed by atoms with Crippen LogP contribution in [-0.2, 0) is 0 Å². The summed E-state index contributed by atoms with van der Waals surface area (Å²) in [6, 6.07) is 8.36. The first-order chi connectivity index (χ1) is 8.10. The molecule has 0 radical (unpaired) electrons. The quantitative estimate of drug-likeness (QED) is 0.761. The number of nitrogens with zero attached hydrogens (tertiary/aromatic N) is 2. The van der Waals surface area contributed by atoms with Gasteiger partial charge in [0.2, 0.25) is 0 Å². The third-order valence-electron chi connectivity index (χ3n) is 3.12. The summed E-state index contributed by atoms with van der Waals surface area (Å²) in [5.41, 5.74) is 3.10. The molecule has 0 aromatic heterocycles. The van der Waals surface area contributed by atoms with Crippen LogP contribution in [0.1, 0.15) is 25.0 Å². The number of benzene rings is 1. The van der Waals surface area contributed by atoms with Crippen molar-refractivity contribution >= 4 is 17.4 Å². The van der Waals surface area contributed by atoms with Crippen molar-refractivity contribution in [1.29, 1.82) is 5.26 Å². The van der Waals surface area contributed by atoms with Crippen LogP contribution in [0.2, 0.25) is 0 Å². The molecule has 1 aliphatic heterocycles. The Morgan fingerprint density at radius 2 is 1.94 bits per heavy atom. The Bertz CT molecular complexity index is 440. The minimum absolute atomic E-state index is 0.676. The molecule has 1 saturated heterocycles. The highest BCUT2D eigenvalue weighted by Gasteiger charge is 2.22. The van der Waals surface area contributed by atoms with Crippen LogP contribution in [0, 0.1) is 18.3 Å². The zero-order chi connectivity index (χ0) is 12.4. The second-order valence-corrected chi connectivity index (χ2v) is 6.65. The Hall–Kier alpha value is -1.14. The molecule has 0 spiro atoms. The predicted octanol–water partition coefficient (Wildman–Crippen LogP) is 3.20. The average molecular weight is 246 g/mol. The number of hydrogen-bond donors (Lipinski definition) is 0. The molecule has 2 nitrogen and oxygen atoms in total. The molecular formula is C14H18N2S. The van der Waals surface area contributed by atoms with Gasteiger partial charge >= 0.3 is 0 Å². The van der Waals surface area contributed by atoms with E-state index in [1.165, 1.54) is 5.69 Å². The van der Waals surface area contributed by atoms with Crippen molar-refractivity contribution in [2.75, 3.05) is 18.0 Å². The van der Waals surface area contributed by atoms with E-state index in [4.69, 9.17) is 5.26 Å². The fourth-order valence-corrected chi connectivity index (χ4v) is 3.68. The highest BCUT2D eigenvalue weighted by atomic mass is 32.2. The Labute approximate surface area is 108 Å². The molecule has 3 heteroatoms. The van der Waals surface area contributed by atoms with Gasteiger partial charge in [-0.05, 0) is 30.7 Å². The zero-order valence-electron chi connectivity index (χ0n) is 10.6. The van der Waals surface area contributed by atoms with Gasteiger partial charge < -0.3 is 4.90 Å². The fourth-order valence-electron chi connectivity index (χ4n) is 2.36. The van der Waals surface area contributed by atoms with Gasteiger partial charge in [-0.3, -0.25) is 0 Å². The number of thioether (sulfide) groups is 1. The van der Waals surface area contributed by atoms with Crippen molar-refractivity contribution in [3.8, 4) is 6.07 Å². The molecule has 1 heterocycles. The lowest BCUT2D eigenvalue weighted by molar-refractivity contribution is 0.728. The average Bonchev–Trinajstić information content (AvgIpc) is 2.27. The number of anilines is 1. The van der Waals surface area contributed by atoms with Crippen molar-refractivity contribution in [2.45, 2.75) is 31.3 Å². The number of hydrogen-bond acceptors (Lipinski definition) is 3. The third-order valence-corrected chi connectivity index (χ3v) is 4.34. The molecule has 1 fully saturated rings. The Morgan fingerprint density at radius 1 is 1.29 bits per heavy atom. The van der Waals surface area contributed by atoms with Crippen molar-refractivity contribution < 1.29 is 0 Å². The van der Waals surface area contributed by atoms with Crippen molar-refractivity contribution in [3.63, 3.8) is 0 Å². The molecule has 0 N–H and O–H groups in total. The third kappa shape index (κ3) is 2.76. The minimum Gasteiger partial charge on any atom is -0.369 e. The van der Waals surface area contributed by atoms with Gasteiger partial charge in [-0.15, -0.1) is 0 Å². The molecule has 0 saturated carbocycles. The zero-order valence-corrected chi connectivity index (χ0v) is 11.4. The van der Waals surface area contributed by atoms with E-state index in [1.807, 2.05) is 13.0 Å². The lowest BCUT2D eigenvalue weighted by Crippen LogP contribution is -2.40. The van der Waals surface area contributed by atoms with Crippen LogP contribution in [0.5, 0.6) is 0 Å². The second kappa shape index (κ2) is 5.01. The SMILES string of the molecule is Cc1cc(N2CC(C)SC(C)C2)ccc1C#N. The first-order valence-corrected chi connectivity index (χ1v) is 6.95. The lowest BCUT2D eigenvalue weighted by Gasteiger charge is -2.36. The van der Waals surface area contributed by atoms with Crippen LogP contribution in [0.15, 0.2) is 18.2 Å². The lowest BCUT2D eigenvalue weighted by atomic mass is 10.1. The highest BCUT2D eigenvalue weighted by molar-refractivity contribution is 8.00. The van der Waals surface area contributed by atoms with Crippen molar-refractivity contribution in [1.82, 2.24) is 0 Å². The van der Waals surface area contributed by atoms with Crippen LogP contribution in [-0.4, -0.2) is 23.6 Å². The molecule has 1 aromatic carbocycles. The van der Waals surface area contributed by atoms with Gasteiger partial charge in [0, 0.05) is 29.3 Å². The van der Waals surface area contributed by atoms with Gasteiger partial charge in [0.25, 0.3) is 0 Å². The van der Waals surface area contributed by atoms with Gasteiger partial charge in [-0.2, -0.15) is 17.0 Å². The van der Waals surface area contributed by atoms with Crippen LogP contribution in [0.3, 0.4) is 0 Å². The summed E-state index contributed by atoms with van der Waals surface area (Å²) in [6.45, 7) is 8.77. The predicted molar refractivity (Wildman–Crippen MR) is 74.6 cm³/mol. The molecule has 17 heavy (non-hydrogen) atoms. The van der Waals surface area contributed by atoms with Gasteiger partial charge in [-0.25, -0.2) is 0 Å². The Kier molecular flexibility index (Phi) is 3.63. The topological polar surface area (TPSA) is 27.0 Å². The van der Waals surface area contributed by atoms with E-state index in [0.29, 0.717) is 10.5 Å². The van der Waals surface area contributed by atoms with Gasteiger partial charge in [-0.1, -0.05) is 13.8 Å². The molecular weight excluding hydrogens is 228 g/mol. The Balaban J connectivity index is 2.22. The largest absolute Gasteiger partial charge is 0.369 e. The van der Waals surface area contributed by atoms with E-state index in [-0.39, 0.29) is 0 Å². The van der Waals surface area contributed by atoms with E-state index in [0.717, 1.165) is 24.2 Å². The molecule has 1 aliphatic rings. The second-order valence-electron chi connectivity index (χ2n) is 4.77. The summed E-state index contributed by atoms with van der Waals surface area (Å²) in [5.74, 6) is 0. The summed E-state index contributed by atoms with van der Waals surface area (Å²) in [4.78, 5) is 2.43. The maximum Gasteiger partial charge on any atom is 0.0994 e. The van der Waals surface area contributed by atoms with Crippen molar-refractivity contribution in [3.05, 3.63) is 29.3 Å². The normalized spacial score (nSPS) is 24.5. The van der Waals surface area contributed by atoms with Crippen molar-refractivity contribution in [2.24, 2.45) is 0 Å². The molecule has 0 amide bonds. The van der Waals surface area contributed by atoms with Crippen LogP contribution >= 0.6 is 11.8 Å². The van der Waals surface area contributed by atoms with Crippen LogP contribution in [0.4, 0.5) is 5.69 Å². The first-order valence-electron chi connectivity index (χ1n) is 6.01. The summed E-state index contributed by atoms with van der Waals surface area (Å²) in [6.07, 6.45) is 0. The molecule has 2 atom stereocenters. The van der Waals surface area contributed by atoms with Crippen LogP contribution in [0.25, 0.3) is 0 Å². The van der Waals surface area contributed by atoms with E-state index in [1.54, 1.807) is 0 Å². The maximum atomic E-state index is 8.94. The van der Waals surface area contributed by atoms with E-state index in [2.05, 4.69) is 48.7 Å². The number of aryl methyl sites for hydroxylation is 1. The Morgan fingerprint density at radius 3 is 2.47 bits per heavy atom. The molecule has 2 unspecified atom stereocenters. The molecule has 0 aliphatic carbocycles. The molecule has 90 valence electrons. The summed E-state index contributed by atoms with van der Waals surface area (Å²) < 4.78 is 0. The van der Waals surface area contributed by atoms with Gasteiger partial charge in [0.05, 0.1) is 11.6 Å². The summed E-state index contributed by atoms with van der Waals surface area (Å²) >= 11 is 2.06. The van der Waals surface area contributed by atoms with E-state index < -0.39 is 0 Å². The fraction of sp³-hybridized carbons (Fsp3) is 0.500. The van der Waals surface area contributed by atoms with E-state index in [9.17, 15) is 0 Å². The van der Waals surface area contributed by atoms with Crippen LogP contribution < -0.4 is 4.90 Å². The van der Waals surface area contributed by atoms with Gasteiger partial charge in [0.15, 0.2) is 0 Å². The van der Waals surface area contributed by atoms with E-state index >= 15 is 0 Å².